The molecule has 27 heavy (non-hydrogen) atoms. The van der Waals surface area contributed by atoms with E-state index in [2.05, 4.69) is 29.2 Å². The number of pyridine rings is 1. The number of nitrogens with one attached hydrogen (secondary N) is 1. The Labute approximate surface area is 159 Å². The van der Waals surface area contributed by atoms with Gasteiger partial charge >= 0.3 is 0 Å². The van der Waals surface area contributed by atoms with Crippen molar-refractivity contribution in [2.24, 2.45) is 5.92 Å². The van der Waals surface area contributed by atoms with Gasteiger partial charge in [-0.25, -0.2) is 0 Å². The molecule has 3 rings (SSSR count). The molecular formula is C20H27N5O2. The number of carbonyl (C=O) groups excluding carboxylic acids is 2. The second-order valence-electron chi connectivity index (χ2n) is 7.29. The quantitative estimate of drug-likeness (QED) is 0.809. The standard InChI is InChI=1S/C20H27N5O2/c1-15(2)25-13-16(12-23-25)11-22-20(27)17-6-7-19(26)24(14-17)10-8-18-5-3-4-9-21-18/h3-5,9,12-13,15,17H,6-8,10-11,14H2,1-2H3,(H,22,27)/t17-/m1/s1. The first-order chi connectivity index (χ1) is 13.0. The molecule has 1 N–H and O–H groups in total. The predicted octanol–water partition coefficient (Wildman–Crippen LogP) is 1.96. The number of hydrogen-bond acceptors (Lipinski definition) is 4. The summed E-state index contributed by atoms with van der Waals surface area (Å²) in [5.74, 6) is -0.0394. The molecule has 2 aromatic rings. The number of nitrogens with zero attached hydrogens (tertiary/aromatic N) is 4. The number of rotatable bonds is 7. The first kappa shape index (κ1) is 19.1. The lowest BCUT2D eigenvalue weighted by Gasteiger charge is -2.31. The number of aromatic nitrogens is 3. The van der Waals surface area contributed by atoms with E-state index in [1.165, 1.54) is 0 Å². The molecule has 144 valence electrons. The SMILES string of the molecule is CC(C)n1cc(CNC(=O)[C@@H]2CCC(=O)N(CCc3ccccn3)C2)cn1. The van der Waals surface area contributed by atoms with E-state index < -0.39 is 0 Å². The molecule has 0 aliphatic carbocycles. The summed E-state index contributed by atoms with van der Waals surface area (Å²) in [5.41, 5.74) is 1.94. The van der Waals surface area contributed by atoms with Gasteiger partial charge in [-0.2, -0.15) is 5.10 Å². The zero-order chi connectivity index (χ0) is 19.2. The van der Waals surface area contributed by atoms with Crippen LogP contribution < -0.4 is 5.32 Å². The molecule has 1 aliphatic rings. The minimum atomic E-state index is -0.161. The van der Waals surface area contributed by atoms with Gasteiger partial charge in [0.25, 0.3) is 0 Å². The van der Waals surface area contributed by atoms with Gasteiger partial charge in [-0.1, -0.05) is 6.07 Å². The maximum absolute atomic E-state index is 12.5. The van der Waals surface area contributed by atoms with Crippen LogP contribution in [-0.4, -0.2) is 44.6 Å². The van der Waals surface area contributed by atoms with Gasteiger partial charge in [-0.15, -0.1) is 0 Å². The zero-order valence-electron chi connectivity index (χ0n) is 16.0. The molecule has 0 aromatic carbocycles. The molecule has 0 radical (unpaired) electrons. The van der Waals surface area contributed by atoms with Gasteiger partial charge in [0.2, 0.25) is 11.8 Å². The van der Waals surface area contributed by atoms with Crippen molar-refractivity contribution in [3.63, 3.8) is 0 Å². The van der Waals surface area contributed by atoms with Crippen molar-refractivity contribution in [1.82, 2.24) is 25.0 Å². The molecule has 7 heteroatoms. The number of carbonyl (C=O) groups is 2. The number of likely N-dealkylation sites (tertiary alicyclic amines) is 1. The van der Waals surface area contributed by atoms with Crippen LogP contribution in [0, 0.1) is 5.92 Å². The highest BCUT2D eigenvalue weighted by Crippen LogP contribution is 2.18. The topological polar surface area (TPSA) is 80.1 Å². The molecule has 1 saturated heterocycles. The van der Waals surface area contributed by atoms with Crippen molar-refractivity contribution in [3.8, 4) is 0 Å². The van der Waals surface area contributed by atoms with Crippen molar-refractivity contribution in [2.75, 3.05) is 13.1 Å². The van der Waals surface area contributed by atoms with Crippen LogP contribution in [0.5, 0.6) is 0 Å². The van der Waals surface area contributed by atoms with Crippen molar-refractivity contribution < 1.29 is 9.59 Å². The summed E-state index contributed by atoms with van der Waals surface area (Å²) in [5, 5.41) is 7.28. The average molecular weight is 369 g/mol. The molecule has 0 unspecified atom stereocenters. The van der Waals surface area contributed by atoms with Crippen molar-refractivity contribution in [1.29, 1.82) is 0 Å². The highest BCUT2D eigenvalue weighted by atomic mass is 16.2. The zero-order valence-corrected chi connectivity index (χ0v) is 16.0. The van der Waals surface area contributed by atoms with E-state index in [1.807, 2.05) is 29.1 Å². The third kappa shape index (κ3) is 5.15. The van der Waals surface area contributed by atoms with Crippen LogP contribution in [0.2, 0.25) is 0 Å². The Bertz CT molecular complexity index is 772. The monoisotopic (exact) mass is 369 g/mol. The fourth-order valence-electron chi connectivity index (χ4n) is 3.23. The summed E-state index contributed by atoms with van der Waals surface area (Å²) >= 11 is 0. The fourth-order valence-corrected chi connectivity index (χ4v) is 3.23. The normalized spacial score (nSPS) is 17.4. The van der Waals surface area contributed by atoms with Crippen LogP contribution in [0.1, 0.15) is 44.0 Å². The molecule has 0 spiro atoms. The van der Waals surface area contributed by atoms with Crippen LogP contribution in [0.3, 0.4) is 0 Å². The maximum Gasteiger partial charge on any atom is 0.225 e. The lowest BCUT2D eigenvalue weighted by Crippen LogP contribution is -2.46. The minimum Gasteiger partial charge on any atom is -0.352 e. The Morgan fingerprint density at radius 2 is 2.22 bits per heavy atom. The molecule has 7 nitrogen and oxygen atoms in total. The number of hydrogen-bond donors (Lipinski definition) is 1. The lowest BCUT2D eigenvalue weighted by atomic mass is 9.96. The van der Waals surface area contributed by atoms with Crippen LogP contribution in [0.25, 0.3) is 0 Å². The maximum atomic E-state index is 12.5. The summed E-state index contributed by atoms with van der Waals surface area (Å²) in [6.45, 7) is 5.66. The Balaban J connectivity index is 1.50. The molecule has 3 heterocycles. The molecule has 1 aliphatic heterocycles. The first-order valence-corrected chi connectivity index (χ1v) is 9.51. The highest BCUT2D eigenvalue weighted by Gasteiger charge is 2.29. The molecule has 1 atom stereocenters. The largest absolute Gasteiger partial charge is 0.352 e. The molecule has 2 aromatic heterocycles. The van der Waals surface area contributed by atoms with Crippen LogP contribution in [-0.2, 0) is 22.6 Å². The van der Waals surface area contributed by atoms with E-state index >= 15 is 0 Å². The Morgan fingerprint density at radius 3 is 2.93 bits per heavy atom. The van der Waals surface area contributed by atoms with E-state index in [-0.39, 0.29) is 17.7 Å². The predicted molar refractivity (Wildman–Crippen MR) is 102 cm³/mol. The third-order valence-corrected chi connectivity index (χ3v) is 4.89. The first-order valence-electron chi connectivity index (χ1n) is 9.51. The summed E-state index contributed by atoms with van der Waals surface area (Å²) in [6, 6.07) is 6.07. The van der Waals surface area contributed by atoms with Crippen LogP contribution >= 0.6 is 0 Å². The third-order valence-electron chi connectivity index (χ3n) is 4.89. The van der Waals surface area contributed by atoms with Gasteiger partial charge in [-0.3, -0.25) is 19.3 Å². The van der Waals surface area contributed by atoms with Gasteiger partial charge in [0.15, 0.2) is 0 Å². The Kier molecular flexibility index (Phi) is 6.21. The molecule has 0 saturated carbocycles. The van der Waals surface area contributed by atoms with Crippen molar-refractivity contribution >= 4 is 11.8 Å². The van der Waals surface area contributed by atoms with Crippen LogP contribution in [0.15, 0.2) is 36.8 Å². The van der Waals surface area contributed by atoms with Gasteiger partial charge in [0.1, 0.15) is 0 Å². The van der Waals surface area contributed by atoms with Gasteiger partial charge in [0.05, 0.1) is 12.1 Å². The Morgan fingerprint density at radius 1 is 1.37 bits per heavy atom. The number of amides is 2. The summed E-state index contributed by atoms with van der Waals surface area (Å²) in [6.07, 6.45) is 7.22. The smallest absolute Gasteiger partial charge is 0.225 e. The summed E-state index contributed by atoms with van der Waals surface area (Å²) in [7, 11) is 0. The van der Waals surface area contributed by atoms with Gasteiger partial charge in [0, 0.05) is 62.2 Å². The van der Waals surface area contributed by atoms with E-state index in [0.29, 0.717) is 44.9 Å². The second-order valence-corrected chi connectivity index (χ2v) is 7.29. The van der Waals surface area contributed by atoms with E-state index in [1.54, 1.807) is 17.3 Å². The summed E-state index contributed by atoms with van der Waals surface area (Å²) < 4.78 is 1.88. The fraction of sp³-hybridized carbons (Fsp3) is 0.500. The highest BCUT2D eigenvalue weighted by molar-refractivity contribution is 5.83. The lowest BCUT2D eigenvalue weighted by molar-refractivity contribution is -0.138. The Hall–Kier alpha value is -2.70. The van der Waals surface area contributed by atoms with E-state index in [4.69, 9.17) is 0 Å². The minimum absolute atomic E-state index is 0.00244. The molecular weight excluding hydrogens is 342 g/mol. The average Bonchev–Trinajstić information content (AvgIpc) is 3.16. The van der Waals surface area contributed by atoms with E-state index in [9.17, 15) is 9.59 Å². The van der Waals surface area contributed by atoms with E-state index in [0.717, 1.165) is 11.3 Å². The van der Waals surface area contributed by atoms with Crippen molar-refractivity contribution in [3.05, 3.63) is 48.0 Å². The molecule has 2 amide bonds. The summed E-state index contributed by atoms with van der Waals surface area (Å²) in [4.78, 5) is 30.8. The van der Waals surface area contributed by atoms with Gasteiger partial charge in [-0.05, 0) is 32.4 Å². The number of piperidine rings is 1. The molecule has 1 fully saturated rings. The second kappa shape index (κ2) is 8.79. The van der Waals surface area contributed by atoms with Crippen molar-refractivity contribution in [2.45, 2.75) is 45.7 Å². The van der Waals surface area contributed by atoms with Crippen LogP contribution in [0.4, 0.5) is 0 Å². The molecule has 0 bridgehead atoms. The van der Waals surface area contributed by atoms with Gasteiger partial charge < -0.3 is 10.2 Å².